The minimum absolute atomic E-state index is 0.192. The summed E-state index contributed by atoms with van der Waals surface area (Å²) in [5.41, 5.74) is 1.79. The molecule has 1 saturated heterocycles. The van der Waals surface area contributed by atoms with Crippen LogP contribution in [-0.2, 0) is 6.54 Å². The van der Waals surface area contributed by atoms with Crippen LogP contribution in [0.5, 0.6) is 0 Å². The van der Waals surface area contributed by atoms with Crippen molar-refractivity contribution in [2.45, 2.75) is 25.4 Å². The lowest BCUT2D eigenvalue weighted by atomic mass is 10.1. The molecule has 0 spiro atoms. The van der Waals surface area contributed by atoms with Crippen molar-refractivity contribution in [3.63, 3.8) is 0 Å². The summed E-state index contributed by atoms with van der Waals surface area (Å²) in [6.07, 6.45) is 8.64. The number of halogens is 1. The fourth-order valence-electron chi connectivity index (χ4n) is 3.05. The number of hydrogen-bond donors (Lipinski definition) is 1. The van der Waals surface area contributed by atoms with Crippen LogP contribution in [0.3, 0.4) is 0 Å². The summed E-state index contributed by atoms with van der Waals surface area (Å²) in [4.78, 5) is 19.7. The molecule has 1 fully saturated rings. The van der Waals surface area contributed by atoms with Gasteiger partial charge in [-0.05, 0) is 31.5 Å². The predicted molar refractivity (Wildman–Crippen MR) is 94.0 cm³/mol. The van der Waals surface area contributed by atoms with Crippen molar-refractivity contribution in [3.8, 4) is 0 Å². The fraction of sp³-hybridized carbons (Fsp3) is 0.294. The summed E-state index contributed by atoms with van der Waals surface area (Å²) in [5, 5.41) is 5.89. The summed E-state index contributed by atoms with van der Waals surface area (Å²) in [7, 11) is 0. The summed E-state index contributed by atoms with van der Waals surface area (Å²) < 4.78 is 13.0. The zero-order valence-corrected chi connectivity index (χ0v) is 14.3. The standard InChI is InChI=1S/C17H17FN6S/c18-12-3-4-13(21-8-12)11-24-6-1-2-15(24)14-9-19-10-16(22-14)23-17-20-5-7-25-17/h3-5,7-10,15H,1-2,6,11H2,(H,20,22,23). The maximum absolute atomic E-state index is 13.0. The Hall–Kier alpha value is -2.45. The van der Waals surface area contributed by atoms with Gasteiger partial charge in [0.2, 0.25) is 0 Å². The zero-order chi connectivity index (χ0) is 17.1. The third-order valence-electron chi connectivity index (χ3n) is 4.18. The maximum Gasteiger partial charge on any atom is 0.188 e. The maximum atomic E-state index is 13.0. The van der Waals surface area contributed by atoms with Crippen LogP contribution < -0.4 is 5.32 Å². The smallest absolute Gasteiger partial charge is 0.188 e. The van der Waals surface area contributed by atoms with Gasteiger partial charge in [0, 0.05) is 18.1 Å². The number of rotatable bonds is 5. The Morgan fingerprint density at radius 2 is 2.20 bits per heavy atom. The Morgan fingerprint density at radius 3 is 3.00 bits per heavy atom. The number of thiazole rings is 1. The fourth-order valence-corrected chi connectivity index (χ4v) is 3.59. The first kappa shape index (κ1) is 16.0. The molecule has 25 heavy (non-hydrogen) atoms. The van der Waals surface area contributed by atoms with Crippen LogP contribution in [0.4, 0.5) is 15.3 Å². The Morgan fingerprint density at radius 1 is 1.24 bits per heavy atom. The molecule has 1 unspecified atom stereocenters. The van der Waals surface area contributed by atoms with Gasteiger partial charge in [0.05, 0.1) is 36.0 Å². The molecule has 3 aromatic heterocycles. The van der Waals surface area contributed by atoms with E-state index in [0.717, 1.165) is 35.9 Å². The first-order valence-electron chi connectivity index (χ1n) is 8.11. The van der Waals surface area contributed by atoms with Crippen LogP contribution in [0, 0.1) is 5.82 Å². The highest BCUT2D eigenvalue weighted by molar-refractivity contribution is 7.13. The highest BCUT2D eigenvalue weighted by Crippen LogP contribution is 2.32. The van der Waals surface area contributed by atoms with Gasteiger partial charge < -0.3 is 5.32 Å². The van der Waals surface area contributed by atoms with Crippen LogP contribution in [0.15, 0.2) is 42.3 Å². The van der Waals surface area contributed by atoms with E-state index < -0.39 is 0 Å². The lowest BCUT2D eigenvalue weighted by Gasteiger charge is -2.23. The van der Waals surface area contributed by atoms with Crippen LogP contribution in [0.1, 0.15) is 30.3 Å². The predicted octanol–water partition coefficient (Wildman–Crippen LogP) is 3.55. The van der Waals surface area contributed by atoms with Crippen LogP contribution in [0.2, 0.25) is 0 Å². The number of pyridine rings is 1. The van der Waals surface area contributed by atoms with Crippen molar-refractivity contribution in [1.82, 2.24) is 24.8 Å². The van der Waals surface area contributed by atoms with Gasteiger partial charge in [0.1, 0.15) is 5.82 Å². The molecule has 4 heterocycles. The van der Waals surface area contributed by atoms with Gasteiger partial charge in [-0.3, -0.25) is 14.9 Å². The molecule has 0 aromatic carbocycles. The monoisotopic (exact) mass is 356 g/mol. The molecule has 128 valence electrons. The van der Waals surface area contributed by atoms with E-state index in [1.165, 1.54) is 23.6 Å². The second kappa shape index (κ2) is 7.20. The van der Waals surface area contributed by atoms with E-state index in [4.69, 9.17) is 4.98 Å². The second-order valence-electron chi connectivity index (χ2n) is 5.89. The largest absolute Gasteiger partial charge is 0.315 e. The van der Waals surface area contributed by atoms with Gasteiger partial charge in [-0.1, -0.05) is 0 Å². The van der Waals surface area contributed by atoms with Gasteiger partial charge >= 0.3 is 0 Å². The molecule has 0 amide bonds. The van der Waals surface area contributed by atoms with Crippen LogP contribution >= 0.6 is 11.3 Å². The van der Waals surface area contributed by atoms with Crippen molar-refractivity contribution in [1.29, 1.82) is 0 Å². The molecule has 6 nitrogen and oxygen atoms in total. The molecule has 1 aliphatic heterocycles. The van der Waals surface area contributed by atoms with E-state index in [1.54, 1.807) is 18.5 Å². The molecule has 1 atom stereocenters. The van der Waals surface area contributed by atoms with Gasteiger partial charge in [-0.25, -0.2) is 14.4 Å². The van der Waals surface area contributed by atoms with Crippen molar-refractivity contribution in [3.05, 3.63) is 59.5 Å². The molecule has 0 aliphatic carbocycles. The zero-order valence-electron chi connectivity index (χ0n) is 13.5. The van der Waals surface area contributed by atoms with E-state index in [1.807, 2.05) is 11.6 Å². The third kappa shape index (κ3) is 3.80. The molecule has 1 N–H and O–H groups in total. The molecule has 8 heteroatoms. The number of nitrogens with zero attached hydrogens (tertiary/aromatic N) is 5. The van der Waals surface area contributed by atoms with Crippen molar-refractivity contribution in [2.75, 3.05) is 11.9 Å². The van der Waals surface area contributed by atoms with Gasteiger partial charge in [-0.15, -0.1) is 11.3 Å². The summed E-state index contributed by atoms with van der Waals surface area (Å²) in [5.74, 6) is 0.382. The van der Waals surface area contributed by atoms with Crippen molar-refractivity contribution in [2.24, 2.45) is 0 Å². The van der Waals surface area contributed by atoms with Crippen molar-refractivity contribution >= 4 is 22.3 Å². The Labute approximate surface area is 148 Å². The van der Waals surface area contributed by atoms with E-state index in [2.05, 4.69) is 25.2 Å². The molecular formula is C17H17FN6S. The second-order valence-corrected chi connectivity index (χ2v) is 6.78. The third-order valence-corrected chi connectivity index (χ3v) is 4.87. The summed E-state index contributed by atoms with van der Waals surface area (Å²) >= 11 is 1.52. The van der Waals surface area contributed by atoms with E-state index >= 15 is 0 Å². The number of anilines is 2. The molecule has 0 radical (unpaired) electrons. The average Bonchev–Trinajstić information content (AvgIpc) is 3.29. The topological polar surface area (TPSA) is 66.8 Å². The average molecular weight is 356 g/mol. The highest BCUT2D eigenvalue weighted by atomic mass is 32.1. The Kier molecular flexibility index (Phi) is 4.62. The number of hydrogen-bond acceptors (Lipinski definition) is 7. The number of nitrogens with one attached hydrogen (secondary N) is 1. The Bertz CT molecular complexity index is 823. The molecular weight excluding hydrogens is 339 g/mol. The van der Waals surface area contributed by atoms with Gasteiger partial charge in [-0.2, -0.15) is 0 Å². The van der Waals surface area contributed by atoms with E-state index in [-0.39, 0.29) is 11.9 Å². The SMILES string of the molecule is Fc1ccc(CN2CCCC2c2cncc(Nc3nccs3)n2)nc1. The molecule has 4 rings (SSSR count). The van der Waals surface area contributed by atoms with Crippen molar-refractivity contribution < 1.29 is 4.39 Å². The van der Waals surface area contributed by atoms with Gasteiger partial charge in [0.15, 0.2) is 10.9 Å². The van der Waals surface area contributed by atoms with E-state index in [0.29, 0.717) is 12.4 Å². The first-order valence-corrected chi connectivity index (χ1v) is 8.99. The van der Waals surface area contributed by atoms with Crippen LogP contribution in [-0.4, -0.2) is 31.4 Å². The quantitative estimate of drug-likeness (QED) is 0.754. The first-order chi connectivity index (χ1) is 12.3. The lowest BCUT2D eigenvalue weighted by Crippen LogP contribution is -2.24. The van der Waals surface area contributed by atoms with Crippen LogP contribution in [0.25, 0.3) is 0 Å². The Balaban J connectivity index is 1.50. The summed E-state index contributed by atoms with van der Waals surface area (Å²) in [6.45, 7) is 1.65. The molecule has 1 aliphatic rings. The molecule has 0 saturated carbocycles. The van der Waals surface area contributed by atoms with Gasteiger partial charge in [0.25, 0.3) is 0 Å². The molecule has 0 bridgehead atoms. The normalized spacial score (nSPS) is 17.7. The number of likely N-dealkylation sites (tertiary alicyclic amines) is 1. The van der Waals surface area contributed by atoms with E-state index in [9.17, 15) is 4.39 Å². The minimum atomic E-state index is -0.312. The summed E-state index contributed by atoms with van der Waals surface area (Å²) in [6, 6.07) is 3.38. The molecule has 3 aromatic rings. The number of aromatic nitrogens is 4. The highest BCUT2D eigenvalue weighted by Gasteiger charge is 2.28. The minimum Gasteiger partial charge on any atom is -0.315 e. The lowest BCUT2D eigenvalue weighted by molar-refractivity contribution is 0.241.